The van der Waals surface area contributed by atoms with Crippen molar-refractivity contribution in [2.75, 3.05) is 31.6 Å². The van der Waals surface area contributed by atoms with E-state index in [0.717, 1.165) is 11.8 Å². The Morgan fingerprint density at radius 2 is 1.91 bits per heavy atom. The number of hydrogen-bond donors (Lipinski definition) is 2. The fourth-order valence-electron chi connectivity index (χ4n) is 3.61. The average Bonchev–Trinajstić information content (AvgIpc) is 2.79. The number of carbonyl (C=O) groups excluding carboxylic acids is 2. The lowest BCUT2D eigenvalue weighted by molar-refractivity contribution is -0.139. The zero-order valence-electron chi connectivity index (χ0n) is 18.4. The molecule has 1 aromatic heterocycles. The maximum absolute atomic E-state index is 12.5. The molecule has 0 aliphatic carbocycles. The summed E-state index contributed by atoms with van der Waals surface area (Å²) in [4.78, 5) is 32.4. The van der Waals surface area contributed by atoms with E-state index in [4.69, 9.17) is 5.73 Å². The number of likely N-dealkylation sites (tertiary alicyclic amines) is 1. The van der Waals surface area contributed by atoms with E-state index in [-0.39, 0.29) is 47.5 Å². The van der Waals surface area contributed by atoms with Crippen LogP contribution in [0.2, 0.25) is 0 Å². The van der Waals surface area contributed by atoms with E-state index >= 15 is 0 Å². The highest BCUT2D eigenvalue weighted by Gasteiger charge is 2.31. The standard InChI is InChI=1S/C23H24N6O3S/c1-3-16-17(9-24)22(28(2)13-19(31)29-11-15(30)12-29)27-23(18(16)10-25)33-20(21(26)32)14-7-5-4-6-8-14/h4-8,15,20,30H,3,11-13H2,1-2H3,(H2,26,32). The summed E-state index contributed by atoms with van der Waals surface area (Å²) in [6.45, 7) is 2.32. The molecule has 0 bridgehead atoms. The van der Waals surface area contributed by atoms with Crippen molar-refractivity contribution < 1.29 is 14.7 Å². The number of likely N-dealkylation sites (N-methyl/N-ethyl adjacent to an activating group) is 1. The third kappa shape index (κ3) is 5.08. The van der Waals surface area contributed by atoms with E-state index in [1.165, 1.54) is 4.90 Å². The predicted molar refractivity (Wildman–Crippen MR) is 123 cm³/mol. The number of primary amides is 1. The molecule has 1 aliphatic heterocycles. The fourth-order valence-corrected chi connectivity index (χ4v) is 4.67. The summed E-state index contributed by atoms with van der Waals surface area (Å²) in [5.74, 6) is -0.535. The first-order chi connectivity index (χ1) is 15.8. The van der Waals surface area contributed by atoms with Crippen molar-refractivity contribution in [3.63, 3.8) is 0 Å². The number of anilines is 1. The Hall–Kier alpha value is -3.60. The van der Waals surface area contributed by atoms with E-state index in [2.05, 4.69) is 17.1 Å². The van der Waals surface area contributed by atoms with Crippen LogP contribution in [0.4, 0.5) is 5.82 Å². The quantitative estimate of drug-likeness (QED) is 0.556. The third-order valence-electron chi connectivity index (χ3n) is 5.36. The normalized spacial score (nSPS) is 14.0. The lowest BCUT2D eigenvalue weighted by atomic mass is 10.0. The van der Waals surface area contributed by atoms with Gasteiger partial charge < -0.3 is 20.6 Å². The molecule has 0 radical (unpaired) electrons. The van der Waals surface area contributed by atoms with Crippen LogP contribution in [-0.2, 0) is 16.0 Å². The predicted octanol–water partition coefficient (Wildman–Crippen LogP) is 1.35. The van der Waals surface area contributed by atoms with Gasteiger partial charge in [-0.1, -0.05) is 49.0 Å². The lowest BCUT2D eigenvalue weighted by Gasteiger charge is -2.37. The highest BCUT2D eigenvalue weighted by molar-refractivity contribution is 8.00. The van der Waals surface area contributed by atoms with Crippen molar-refractivity contribution in [3.05, 3.63) is 52.6 Å². The summed E-state index contributed by atoms with van der Waals surface area (Å²) in [6.07, 6.45) is -0.123. The number of benzene rings is 1. The number of β-amino-alcohol motifs (C(OH)–C–C–N with tert-alkyl or cyclic N) is 1. The summed E-state index contributed by atoms with van der Waals surface area (Å²) in [7, 11) is 1.64. The van der Waals surface area contributed by atoms with Crippen molar-refractivity contribution >= 4 is 29.4 Å². The Kier molecular flexibility index (Phi) is 7.54. The number of nitrogens with zero attached hydrogens (tertiary/aromatic N) is 5. The average molecular weight is 465 g/mol. The number of nitriles is 2. The summed E-state index contributed by atoms with van der Waals surface area (Å²) >= 11 is 1.05. The molecule has 1 aromatic carbocycles. The molecular formula is C23H24N6O3S. The van der Waals surface area contributed by atoms with Gasteiger partial charge in [-0.15, -0.1) is 0 Å². The second kappa shape index (κ2) is 10.3. The Morgan fingerprint density at radius 1 is 1.27 bits per heavy atom. The summed E-state index contributed by atoms with van der Waals surface area (Å²) in [6, 6.07) is 13.2. The monoisotopic (exact) mass is 464 g/mol. The molecule has 1 aliphatic rings. The number of aliphatic hydroxyl groups is 1. The topological polar surface area (TPSA) is 147 Å². The maximum Gasteiger partial charge on any atom is 0.242 e. The first-order valence-corrected chi connectivity index (χ1v) is 11.2. The van der Waals surface area contributed by atoms with Crippen molar-refractivity contribution in [1.29, 1.82) is 10.5 Å². The van der Waals surface area contributed by atoms with Crippen LogP contribution in [0.3, 0.4) is 0 Å². The van der Waals surface area contributed by atoms with Crippen LogP contribution in [0.5, 0.6) is 0 Å². The molecule has 1 atom stereocenters. The van der Waals surface area contributed by atoms with Gasteiger partial charge in [-0.2, -0.15) is 10.5 Å². The second-order valence-electron chi connectivity index (χ2n) is 7.67. The molecule has 170 valence electrons. The van der Waals surface area contributed by atoms with Crippen LogP contribution >= 0.6 is 11.8 Å². The molecule has 1 fully saturated rings. The maximum atomic E-state index is 12.5. The number of nitrogens with two attached hydrogens (primary N) is 1. The largest absolute Gasteiger partial charge is 0.389 e. The smallest absolute Gasteiger partial charge is 0.242 e. The Morgan fingerprint density at radius 3 is 2.42 bits per heavy atom. The molecule has 10 heteroatoms. The molecule has 33 heavy (non-hydrogen) atoms. The Balaban J connectivity index is 2.03. The van der Waals surface area contributed by atoms with Gasteiger partial charge in [-0.05, 0) is 17.5 Å². The van der Waals surface area contributed by atoms with Gasteiger partial charge >= 0.3 is 0 Å². The molecule has 0 saturated carbocycles. The van der Waals surface area contributed by atoms with Crippen LogP contribution < -0.4 is 10.6 Å². The summed E-state index contributed by atoms with van der Waals surface area (Å²) in [5.41, 5.74) is 7.27. The van der Waals surface area contributed by atoms with Crippen LogP contribution in [0.25, 0.3) is 0 Å². The number of pyridine rings is 1. The number of aromatic nitrogens is 1. The first-order valence-electron chi connectivity index (χ1n) is 10.4. The van der Waals surface area contributed by atoms with Crippen LogP contribution in [-0.4, -0.2) is 59.6 Å². The SMILES string of the molecule is CCc1c(C#N)c(SC(C(N)=O)c2ccccc2)nc(N(C)CC(=O)N2CC(O)C2)c1C#N. The van der Waals surface area contributed by atoms with Gasteiger partial charge in [-0.3, -0.25) is 9.59 Å². The molecule has 3 rings (SSSR count). The Bertz CT molecular complexity index is 1140. The summed E-state index contributed by atoms with van der Waals surface area (Å²) in [5, 5.41) is 28.6. The van der Waals surface area contributed by atoms with Crippen molar-refractivity contribution in [3.8, 4) is 12.1 Å². The second-order valence-corrected chi connectivity index (χ2v) is 8.76. The molecule has 2 heterocycles. The minimum Gasteiger partial charge on any atom is -0.389 e. The van der Waals surface area contributed by atoms with Crippen LogP contribution in [0.15, 0.2) is 35.4 Å². The molecule has 0 spiro atoms. The zero-order chi connectivity index (χ0) is 24.1. The summed E-state index contributed by atoms with van der Waals surface area (Å²) < 4.78 is 0. The molecule has 9 nitrogen and oxygen atoms in total. The first kappa shape index (κ1) is 24.1. The number of rotatable bonds is 8. The van der Waals surface area contributed by atoms with Gasteiger partial charge in [0.25, 0.3) is 0 Å². The molecule has 1 saturated heterocycles. The van der Waals surface area contributed by atoms with Gasteiger partial charge in [0.1, 0.15) is 28.2 Å². The zero-order valence-corrected chi connectivity index (χ0v) is 19.2. The van der Waals surface area contributed by atoms with Crippen molar-refractivity contribution in [2.24, 2.45) is 5.73 Å². The van der Waals surface area contributed by atoms with Gasteiger partial charge in [-0.25, -0.2) is 4.98 Å². The molecule has 3 N–H and O–H groups in total. The van der Waals surface area contributed by atoms with Gasteiger partial charge in [0, 0.05) is 20.1 Å². The van der Waals surface area contributed by atoms with Gasteiger partial charge in [0.05, 0.1) is 23.8 Å². The fraction of sp³-hybridized carbons (Fsp3) is 0.348. The molecular weight excluding hydrogens is 440 g/mol. The third-order valence-corrected chi connectivity index (χ3v) is 6.62. The van der Waals surface area contributed by atoms with E-state index in [0.29, 0.717) is 17.5 Å². The number of amides is 2. The molecule has 2 amide bonds. The van der Waals surface area contributed by atoms with E-state index in [9.17, 15) is 25.2 Å². The van der Waals surface area contributed by atoms with Gasteiger partial charge in [0.15, 0.2) is 0 Å². The highest BCUT2D eigenvalue weighted by atomic mass is 32.2. The van der Waals surface area contributed by atoms with Crippen molar-refractivity contribution in [2.45, 2.75) is 29.7 Å². The van der Waals surface area contributed by atoms with Crippen LogP contribution in [0, 0.1) is 22.7 Å². The molecule has 1 unspecified atom stereocenters. The lowest BCUT2D eigenvalue weighted by Crippen LogP contribution is -2.55. The Labute approximate surface area is 196 Å². The minimum atomic E-state index is -0.786. The van der Waals surface area contributed by atoms with E-state index in [1.54, 1.807) is 36.2 Å². The molecule has 2 aromatic rings. The highest BCUT2D eigenvalue weighted by Crippen LogP contribution is 2.39. The van der Waals surface area contributed by atoms with Crippen molar-refractivity contribution in [1.82, 2.24) is 9.88 Å². The van der Waals surface area contributed by atoms with E-state index in [1.807, 2.05) is 13.0 Å². The number of hydrogen-bond acceptors (Lipinski definition) is 8. The number of carbonyl (C=O) groups is 2. The van der Waals surface area contributed by atoms with Crippen LogP contribution in [0.1, 0.15) is 34.4 Å². The van der Waals surface area contributed by atoms with E-state index < -0.39 is 17.3 Å². The number of thioether (sulfide) groups is 1. The van der Waals surface area contributed by atoms with Gasteiger partial charge in [0.2, 0.25) is 11.8 Å². The minimum absolute atomic E-state index is 0.0501. The number of aliphatic hydroxyl groups excluding tert-OH is 1.